The molecule has 1 unspecified atom stereocenters. The van der Waals surface area contributed by atoms with Crippen LogP contribution in [0.25, 0.3) is 0 Å². The molecule has 0 radical (unpaired) electrons. The van der Waals surface area contributed by atoms with Gasteiger partial charge in [0.15, 0.2) is 0 Å². The fraction of sp³-hybridized carbons (Fsp3) is 0.107. The van der Waals surface area contributed by atoms with Crippen LogP contribution in [-0.4, -0.2) is 5.91 Å². The van der Waals surface area contributed by atoms with Gasteiger partial charge in [0.1, 0.15) is 11.5 Å². The molecule has 0 aliphatic heterocycles. The van der Waals surface area contributed by atoms with Crippen LogP contribution in [0.15, 0.2) is 103 Å². The molecule has 1 amide bonds. The molecule has 0 aromatic heterocycles. The lowest BCUT2D eigenvalue weighted by atomic mass is 9.89. The third kappa shape index (κ3) is 6.61. The molecule has 0 spiro atoms. The molecule has 0 bridgehead atoms. The van der Waals surface area contributed by atoms with Crippen LogP contribution in [-0.2, 0) is 11.2 Å². The van der Waals surface area contributed by atoms with Gasteiger partial charge in [-0.25, -0.2) is 0 Å². The molecule has 166 valence electrons. The van der Waals surface area contributed by atoms with Crippen LogP contribution >= 0.6 is 23.2 Å². The zero-order chi connectivity index (χ0) is 23.0. The molecule has 0 fully saturated rings. The number of benzene rings is 4. The Morgan fingerprint density at radius 3 is 2.09 bits per heavy atom. The van der Waals surface area contributed by atoms with Gasteiger partial charge in [-0.15, -0.1) is 0 Å². The van der Waals surface area contributed by atoms with E-state index in [0.29, 0.717) is 22.2 Å². The van der Waals surface area contributed by atoms with Gasteiger partial charge in [-0.2, -0.15) is 0 Å². The first-order chi connectivity index (χ1) is 16.1. The molecule has 0 saturated heterocycles. The van der Waals surface area contributed by atoms with Crippen molar-refractivity contribution in [2.75, 3.05) is 5.32 Å². The number of carbonyl (C=O) groups is 1. The van der Waals surface area contributed by atoms with Crippen LogP contribution < -0.4 is 10.1 Å². The number of hydrogen-bond acceptors (Lipinski definition) is 2. The van der Waals surface area contributed by atoms with Crippen LogP contribution in [0.1, 0.15) is 23.5 Å². The van der Waals surface area contributed by atoms with Gasteiger partial charge in [-0.3, -0.25) is 4.79 Å². The van der Waals surface area contributed by atoms with Gasteiger partial charge in [0, 0.05) is 11.4 Å². The maximum Gasteiger partial charge on any atom is 0.225 e. The Morgan fingerprint density at radius 1 is 0.788 bits per heavy atom. The van der Waals surface area contributed by atoms with Crippen molar-refractivity contribution in [3.63, 3.8) is 0 Å². The Morgan fingerprint density at radius 2 is 1.42 bits per heavy atom. The monoisotopic (exact) mass is 475 g/mol. The fourth-order valence-corrected chi connectivity index (χ4v) is 4.11. The molecule has 33 heavy (non-hydrogen) atoms. The third-order valence-corrected chi connectivity index (χ3v) is 5.84. The molecule has 1 atom stereocenters. The minimum atomic E-state index is -0.107. The maximum absolute atomic E-state index is 12.9. The molecule has 1 N–H and O–H groups in total. The van der Waals surface area contributed by atoms with Crippen LogP contribution in [0, 0.1) is 0 Å². The number of ether oxygens (including phenoxy) is 1. The summed E-state index contributed by atoms with van der Waals surface area (Å²) in [5, 5.41) is 3.85. The van der Waals surface area contributed by atoms with Gasteiger partial charge >= 0.3 is 0 Å². The second-order valence-electron chi connectivity index (χ2n) is 7.75. The van der Waals surface area contributed by atoms with Gasteiger partial charge in [-0.05, 0) is 65.9 Å². The van der Waals surface area contributed by atoms with Crippen molar-refractivity contribution >= 4 is 34.8 Å². The first-order valence-electron chi connectivity index (χ1n) is 10.7. The quantitative estimate of drug-likeness (QED) is 0.279. The Hall–Kier alpha value is -3.27. The van der Waals surface area contributed by atoms with E-state index in [1.807, 2.05) is 72.8 Å². The molecule has 4 rings (SSSR count). The van der Waals surface area contributed by atoms with Crippen molar-refractivity contribution < 1.29 is 9.53 Å². The SMILES string of the molecule is O=C(CC(Cc1ccccc1)c1ccc(Oc2ccccc2)cc1)Nc1ccc(Cl)cc1Cl. The molecule has 0 heterocycles. The highest BCUT2D eigenvalue weighted by molar-refractivity contribution is 6.36. The normalized spacial score (nSPS) is 11.6. The maximum atomic E-state index is 12.9. The number of rotatable bonds is 8. The minimum Gasteiger partial charge on any atom is -0.457 e. The molecule has 0 aliphatic carbocycles. The topological polar surface area (TPSA) is 38.3 Å². The Bertz CT molecular complexity index is 1200. The van der Waals surface area contributed by atoms with E-state index in [1.165, 1.54) is 5.56 Å². The van der Waals surface area contributed by atoms with Gasteiger partial charge in [-0.1, -0.05) is 83.9 Å². The standard InChI is InChI=1S/C28H23Cl2NO2/c29-23-13-16-27(26(30)19-23)31-28(32)18-22(17-20-7-3-1-4-8-20)21-11-14-25(15-12-21)33-24-9-5-2-6-10-24/h1-16,19,22H,17-18H2,(H,31,32). The summed E-state index contributed by atoms with van der Waals surface area (Å²) in [6.45, 7) is 0. The number of anilines is 1. The summed E-state index contributed by atoms with van der Waals surface area (Å²) in [5.74, 6) is 1.42. The minimum absolute atomic E-state index is 0.00995. The Kier molecular flexibility index (Phi) is 7.66. The van der Waals surface area contributed by atoms with E-state index in [9.17, 15) is 4.79 Å². The van der Waals surface area contributed by atoms with Crippen molar-refractivity contribution in [2.24, 2.45) is 0 Å². The summed E-state index contributed by atoms with van der Waals surface area (Å²) < 4.78 is 5.91. The van der Waals surface area contributed by atoms with Crippen molar-refractivity contribution in [2.45, 2.75) is 18.8 Å². The molecular formula is C28H23Cl2NO2. The molecule has 5 heteroatoms. The van der Waals surface area contributed by atoms with E-state index in [-0.39, 0.29) is 11.8 Å². The average molecular weight is 476 g/mol. The largest absolute Gasteiger partial charge is 0.457 e. The summed E-state index contributed by atoms with van der Waals surface area (Å²) in [5.41, 5.74) is 2.79. The zero-order valence-electron chi connectivity index (χ0n) is 17.9. The van der Waals surface area contributed by atoms with Crippen LogP contribution in [0.5, 0.6) is 11.5 Å². The summed E-state index contributed by atoms with van der Waals surface area (Å²) in [7, 11) is 0. The molecule has 0 aliphatic rings. The number of hydrogen-bond donors (Lipinski definition) is 1. The smallest absolute Gasteiger partial charge is 0.225 e. The van der Waals surface area contributed by atoms with Crippen LogP contribution in [0.2, 0.25) is 10.0 Å². The molecule has 0 saturated carbocycles. The van der Waals surface area contributed by atoms with E-state index in [0.717, 1.165) is 23.5 Å². The second-order valence-corrected chi connectivity index (χ2v) is 8.59. The average Bonchev–Trinajstić information content (AvgIpc) is 2.82. The third-order valence-electron chi connectivity index (χ3n) is 5.29. The highest BCUT2D eigenvalue weighted by Gasteiger charge is 2.18. The zero-order valence-corrected chi connectivity index (χ0v) is 19.4. The van der Waals surface area contributed by atoms with E-state index in [2.05, 4.69) is 17.4 Å². The Balaban J connectivity index is 1.51. The van der Waals surface area contributed by atoms with Gasteiger partial charge in [0.05, 0.1) is 10.7 Å². The fourth-order valence-electron chi connectivity index (χ4n) is 3.66. The van der Waals surface area contributed by atoms with E-state index < -0.39 is 0 Å². The first kappa shape index (κ1) is 22.9. The number of halogens is 2. The molecular weight excluding hydrogens is 453 g/mol. The number of nitrogens with one attached hydrogen (secondary N) is 1. The highest BCUT2D eigenvalue weighted by atomic mass is 35.5. The summed E-state index contributed by atoms with van der Waals surface area (Å²) >= 11 is 12.2. The van der Waals surface area contributed by atoms with Crippen molar-refractivity contribution in [3.8, 4) is 11.5 Å². The van der Waals surface area contributed by atoms with E-state index in [1.54, 1.807) is 18.2 Å². The van der Waals surface area contributed by atoms with Crippen LogP contribution in [0.3, 0.4) is 0 Å². The number of carbonyl (C=O) groups excluding carboxylic acids is 1. The van der Waals surface area contributed by atoms with Crippen molar-refractivity contribution in [1.82, 2.24) is 0 Å². The predicted octanol–water partition coefficient (Wildman–Crippen LogP) is 8.14. The Labute approximate surface area is 203 Å². The second kappa shape index (κ2) is 11.0. The predicted molar refractivity (Wildman–Crippen MR) is 136 cm³/mol. The van der Waals surface area contributed by atoms with Gasteiger partial charge < -0.3 is 10.1 Å². The van der Waals surface area contributed by atoms with Crippen LogP contribution in [0.4, 0.5) is 5.69 Å². The summed E-state index contributed by atoms with van der Waals surface area (Å²) in [6, 6.07) is 32.8. The van der Waals surface area contributed by atoms with E-state index >= 15 is 0 Å². The molecule has 4 aromatic rings. The van der Waals surface area contributed by atoms with Crippen molar-refractivity contribution in [3.05, 3.63) is 124 Å². The summed E-state index contributed by atoms with van der Waals surface area (Å²) in [4.78, 5) is 12.9. The van der Waals surface area contributed by atoms with Gasteiger partial charge in [0.2, 0.25) is 5.91 Å². The lowest BCUT2D eigenvalue weighted by Crippen LogP contribution is -2.17. The van der Waals surface area contributed by atoms with Gasteiger partial charge in [0.25, 0.3) is 0 Å². The first-order valence-corrected chi connectivity index (χ1v) is 11.4. The van der Waals surface area contributed by atoms with E-state index in [4.69, 9.17) is 27.9 Å². The molecule has 4 aromatic carbocycles. The highest BCUT2D eigenvalue weighted by Crippen LogP contribution is 2.30. The molecule has 3 nitrogen and oxygen atoms in total. The number of amides is 1. The lowest BCUT2D eigenvalue weighted by Gasteiger charge is -2.18. The number of para-hydroxylation sites is 1. The summed E-state index contributed by atoms with van der Waals surface area (Å²) in [6.07, 6.45) is 1.05. The van der Waals surface area contributed by atoms with Crippen molar-refractivity contribution in [1.29, 1.82) is 0 Å². The lowest BCUT2D eigenvalue weighted by molar-refractivity contribution is -0.116.